The van der Waals surface area contributed by atoms with E-state index in [9.17, 15) is 0 Å². The molecule has 196 valence electrons. The average molecular weight is 511 g/mol. The molecule has 2 atom stereocenters. The molecule has 0 saturated carbocycles. The molecule has 2 unspecified atom stereocenters. The average Bonchev–Trinajstić information content (AvgIpc) is 2.97. The molecule has 4 aromatic rings. The molecule has 0 fully saturated rings. The van der Waals surface area contributed by atoms with Gasteiger partial charge in [0, 0.05) is 18.4 Å². The first-order valence-corrected chi connectivity index (χ1v) is 13.2. The van der Waals surface area contributed by atoms with Gasteiger partial charge in [-0.2, -0.15) is 0 Å². The second-order valence-electron chi connectivity index (χ2n) is 9.84. The van der Waals surface area contributed by atoms with Gasteiger partial charge in [-0.25, -0.2) is 0 Å². The normalized spacial score (nSPS) is 16.4. The molecule has 0 aliphatic carbocycles. The molecule has 1 aliphatic rings. The van der Waals surface area contributed by atoms with Gasteiger partial charge in [0.2, 0.25) is 0 Å². The summed E-state index contributed by atoms with van der Waals surface area (Å²) >= 11 is 0. The van der Waals surface area contributed by atoms with E-state index in [2.05, 4.69) is 55.6 Å². The van der Waals surface area contributed by atoms with Gasteiger partial charge in [0.1, 0.15) is 19.3 Å². The van der Waals surface area contributed by atoms with Gasteiger partial charge in [-0.05, 0) is 46.5 Å². The zero-order valence-corrected chi connectivity index (χ0v) is 22.4. The molecule has 0 amide bonds. The van der Waals surface area contributed by atoms with Gasteiger partial charge in [-0.3, -0.25) is 0 Å². The largest absolute Gasteiger partial charge is 0.493 e. The maximum atomic E-state index is 6.20. The van der Waals surface area contributed by atoms with E-state index in [-0.39, 0.29) is 0 Å². The number of rotatable bonds is 10. The molecule has 0 radical (unpaired) electrons. The molecular formula is C33H36NO4+. The van der Waals surface area contributed by atoms with Gasteiger partial charge >= 0.3 is 0 Å². The summed E-state index contributed by atoms with van der Waals surface area (Å²) in [6.45, 7) is 2.08. The van der Waals surface area contributed by atoms with E-state index in [1.165, 1.54) is 21.6 Å². The Morgan fingerprint density at radius 2 is 1.26 bits per heavy atom. The molecule has 38 heavy (non-hydrogen) atoms. The van der Waals surface area contributed by atoms with E-state index in [1.54, 1.807) is 14.2 Å². The molecule has 1 N–H and O–H groups in total. The number of ether oxygens (including phenoxy) is 4. The van der Waals surface area contributed by atoms with Gasteiger partial charge in [0.25, 0.3) is 0 Å². The molecule has 0 aromatic heterocycles. The first kappa shape index (κ1) is 25.7. The summed E-state index contributed by atoms with van der Waals surface area (Å²) in [6.07, 6.45) is 1.90. The molecule has 1 aliphatic heterocycles. The lowest BCUT2D eigenvalue weighted by molar-refractivity contribution is -0.914. The Kier molecular flexibility index (Phi) is 8.15. The lowest BCUT2D eigenvalue weighted by Gasteiger charge is -2.32. The predicted octanol–water partition coefficient (Wildman–Crippen LogP) is 5.22. The van der Waals surface area contributed by atoms with Gasteiger partial charge in [0.15, 0.2) is 23.0 Å². The number of hydrogen-bond donors (Lipinski definition) is 1. The van der Waals surface area contributed by atoms with Gasteiger partial charge in [-0.1, -0.05) is 66.7 Å². The predicted molar refractivity (Wildman–Crippen MR) is 149 cm³/mol. The zero-order valence-electron chi connectivity index (χ0n) is 22.4. The van der Waals surface area contributed by atoms with Crippen LogP contribution in [0.15, 0.2) is 91.0 Å². The second-order valence-corrected chi connectivity index (χ2v) is 9.84. The van der Waals surface area contributed by atoms with Crippen LogP contribution in [0.1, 0.15) is 33.9 Å². The minimum Gasteiger partial charge on any atom is -0.493 e. The van der Waals surface area contributed by atoms with Crippen molar-refractivity contribution in [1.82, 2.24) is 0 Å². The second kappa shape index (κ2) is 12.1. The van der Waals surface area contributed by atoms with E-state index in [1.807, 2.05) is 42.5 Å². The molecule has 0 bridgehead atoms. The van der Waals surface area contributed by atoms with Crippen LogP contribution in [-0.2, 0) is 26.1 Å². The van der Waals surface area contributed by atoms with Gasteiger partial charge in [0.05, 0.1) is 27.8 Å². The summed E-state index contributed by atoms with van der Waals surface area (Å²) < 4.78 is 23.8. The standard InChI is InChI=1S/C33H35NO4/c1-34-17-16-27-20-33(38-23-25-12-8-5-9-13-25)31(36-3)21-28(27)29(34)18-26-14-15-30(35-2)32(19-26)37-22-24-10-6-4-7-11-24/h4-15,19-21,29H,16-18,22-23H2,1-3H3/p+1. The van der Waals surface area contributed by atoms with Crippen LogP contribution in [0, 0.1) is 0 Å². The Morgan fingerprint density at radius 3 is 1.87 bits per heavy atom. The summed E-state index contributed by atoms with van der Waals surface area (Å²) in [5, 5.41) is 0. The van der Waals surface area contributed by atoms with Crippen molar-refractivity contribution in [2.24, 2.45) is 0 Å². The molecule has 5 heteroatoms. The van der Waals surface area contributed by atoms with Crippen LogP contribution < -0.4 is 23.8 Å². The van der Waals surface area contributed by atoms with Crippen molar-refractivity contribution >= 4 is 0 Å². The van der Waals surface area contributed by atoms with Crippen LogP contribution in [0.4, 0.5) is 0 Å². The Balaban J connectivity index is 1.37. The number of benzene rings is 4. The first-order chi connectivity index (χ1) is 18.6. The zero-order chi connectivity index (χ0) is 26.3. The van der Waals surface area contributed by atoms with Crippen LogP contribution in [-0.4, -0.2) is 27.8 Å². The number of methoxy groups -OCH3 is 2. The molecule has 5 nitrogen and oxygen atoms in total. The fourth-order valence-electron chi connectivity index (χ4n) is 5.15. The summed E-state index contributed by atoms with van der Waals surface area (Å²) in [7, 11) is 5.67. The van der Waals surface area contributed by atoms with Crippen molar-refractivity contribution in [3.63, 3.8) is 0 Å². The quantitative estimate of drug-likeness (QED) is 0.318. The summed E-state index contributed by atoms with van der Waals surface area (Å²) in [5.74, 6) is 3.09. The van der Waals surface area contributed by atoms with Crippen LogP contribution in [0.2, 0.25) is 0 Å². The topological polar surface area (TPSA) is 41.4 Å². The number of hydrogen-bond acceptors (Lipinski definition) is 4. The van der Waals surface area contributed by atoms with Crippen molar-refractivity contribution in [2.45, 2.75) is 32.1 Å². The van der Waals surface area contributed by atoms with Crippen molar-refractivity contribution < 1.29 is 23.8 Å². The number of quaternary nitrogens is 1. The minimum atomic E-state index is 0.297. The number of nitrogens with one attached hydrogen (secondary N) is 1. The van der Waals surface area contributed by atoms with E-state index in [0.29, 0.717) is 19.3 Å². The van der Waals surface area contributed by atoms with E-state index >= 15 is 0 Å². The fourth-order valence-corrected chi connectivity index (χ4v) is 5.15. The van der Waals surface area contributed by atoms with Crippen LogP contribution >= 0.6 is 0 Å². The highest BCUT2D eigenvalue weighted by Crippen LogP contribution is 2.37. The minimum absolute atomic E-state index is 0.297. The molecule has 0 saturated heterocycles. The van der Waals surface area contributed by atoms with Crippen molar-refractivity contribution in [3.05, 3.63) is 119 Å². The van der Waals surface area contributed by atoms with Crippen molar-refractivity contribution in [1.29, 1.82) is 0 Å². The van der Waals surface area contributed by atoms with Crippen molar-refractivity contribution in [2.75, 3.05) is 27.8 Å². The van der Waals surface area contributed by atoms with Crippen LogP contribution in [0.25, 0.3) is 0 Å². The van der Waals surface area contributed by atoms with E-state index < -0.39 is 0 Å². The van der Waals surface area contributed by atoms with E-state index in [0.717, 1.165) is 53.5 Å². The highest BCUT2D eigenvalue weighted by atomic mass is 16.5. The molecule has 4 aromatic carbocycles. The number of likely N-dealkylation sites (N-methyl/N-ethyl adjacent to an activating group) is 1. The third-order valence-corrected chi connectivity index (χ3v) is 7.33. The highest BCUT2D eigenvalue weighted by Gasteiger charge is 2.30. The monoisotopic (exact) mass is 510 g/mol. The Bertz CT molecular complexity index is 1340. The van der Waals surface area contributed by atoms with Crippen molar-refractivity contribution in [3.8, 4) is 23.0 Å². The Hall–Kier alpha value is -3.96. The summed E-state index contributed by atoms with van der Waals surface area (Å²) in [5.41, 5.74) is 6.13. The number of fused-ring (bicyclic) bond motifs is 1. The van der Waals surface area contributed by atoms with Crippen LogP contribution in [0.3, 0.4) is 0 Å². The lowest BCUT2D eigenvalue weighted by atomic mass is 9.88. The Labute approximate surface area is 225 Å². The van der Waals surface area contributed by atoms with E-state index in [4.69, 9.17) is 18.9 Å². The van der Waals surface area contributed by atoms with Crippen LogP contribution in [0.5, 0.6) is 23.0 Å². The fraction of sp³-hybridized carbons (Fsp3) is 0.273. The maximum Gasteiger partial charge on any atom is 0.161 e. The molecule has 1 heterocycles. The molecule has 5 rings (SSSR count). The smallest absolute Gasteiger partial charge is 0.161 e. The SMILES string of the molecule is COc1ccc(CC2c3cc(OC)c(OCc4ccccc4)cc3CC[NH+]2C)cc1OCc1ccccc1. The summed E-state index contributed by atoms with van der Waals surface area (Å²) in [4.78, 5) is 1.49. The third kappa shape index (κ3) is 5.95. The Morgan fingerprint density at radius 1 is 0.658 bits per heavy atom. The highest BCUT2D eigenvalue weighted by molar-refractivity contribution is 5.50. The molecular weight excluding hydrogens is 474 g/mol. The van der Waals surface area contributed by atoms with Gasteiger partial charge in [-0.15, -0.1) is 0 Å². The maximum absolute atomic E-state index is 6.20. The first-order valence-electron chi connectivity index (χ1n) is 13.2. The van der Waals surface area contributed by atoms with Gasteiger partial charge < -0.3 is 23.8 Å². The third-order valence-electron chi connectivity index (χ3n) is 7.33. The summed E-state index contributed by atoms with van der Waals surface area (Å²) in [6, 6.07) is 31.4. The lowest BCUT2D eigenvalue weighted by Crippen LogP contribution is -3.10. The molecule has 0 spiro atoms.